The molecule has 1 unspecified atom stereocenters. The second-order valence-electron chi connectivity index (χ2n) is 10.7. The number of anilines is 1. The van der Waals surface area contributed by atoms with Crippen molar-refractivity contribution in [2.24, 2.45) is 0 Å². The molecule has 1 N–H and O–H groups in total. The van der Waals surface area contributed by atoms with Crippen LogP contribution in [0, 0.1) is 0 Å². The van der Waals surface area contributed by atoms with Gasteiger partial charge >= 0.3 is 0 Å². The fraction of sp³-hybridized carbons (Fsp3) is 0.257. The lowest BCUT2D eigenvalue weighted by atomic mass is 10.1. The molecular formula is C35H37N3O7S. The highest BCUT2D eigenvalue weighted by molar-refractivity contribution is 7.89. The van der Waals surface area contributed by atoms with E-state index in [4.69, 9.17) is 14.2 Å². The molecule has 1 atom stereocenters. The predicted octanol–water partition coefficient (Wildman–Crippen LogP) is 4.09. The van der Waals surface area contributed by atoms with Crippen LogP contribution in [0.5, 0.6) is 17.2 Å². The largest absolute Gasteiger partial charge is 0.493 e. The zero-order valence-corrected chi connectivity index (χ0v) is 26.6. The molecule has 4 aromatic rings. The molecule has 5 rings (SSSR count). The number of sulfonamides is 1. The van der Waals surface area contributed by atoms with Crippen molar-refractivity contribution in [3.05, 3.63) is 114 Å². The zero-order chi connectivity index (χ0) is 32.5. The van der Waals surface area contributed by atoms with Crippen LogP contribution >= 0.6 is 0 Å². The molecule has 2 amide bonds. The molecule has 0 fully saturated rings. The highest BCUT2D eigenvalue weighted by Gasteiger charge is 2.36. The zero-order valence-electron chi connectivity index (χ0n) is 25.8. The van der Waals surface area contributed by atoms with E-state index in [1.807, 2.05) is 60.7 Å². The van der Waals surface area contributed by atoms with Gasteiger partial charge in [-0.1, -0.05) is 72.8 Å². The van der Waals surface area contributed by atoms with Crippen LogP contribution in [0.15, 0.2) is 108 Å². The number of carbonyl (C=O) groups excluding carboxylic acids is 2. The maximum absolute atomic E-state index is 14.1. The second-order valence-corrected chi connectivity index (χ2v) is 12.6. The number of amides is 2. The van der Waals surface area contributed by atoms with E-state index in [-0.39, 0.29) is 29.6 Å². The Morgan fingerprint density at radius 2 is 1.48 bits per heavy atom. The number of methoxy groups -OCH3 is 2. The standard InChI is InChI=1S/C35H37N3O7S/c1-43-31-18-17-28(23-32(31)44-2)46(41,42)37(22-20-27-13-7-4-8-14-27)25-34(39)38-24-33(45-30-16-10-9-15-29(30)38)35(40)36-21-19-26-11-5-3-6-12-26/h3-18,23,33H,19-22,24-25H2,1-2H3,(H,36,40). The lowest BCUT2D eigenvalue weighted by Gasteiger charge is -2.35. The van der Waals surface area contributed by atoms with Crippen LogP contribution in [-0.2, 0) is 32.5 Å². The third-order valence-electron chi connectivity index (χ3n) is 7.72. The van der Waals surface area contributed by atoms with Gasteiger partial charge in [-0.25, -0.2) is 8.42 Å². The Labute approximate surface area is 269 Å². The van der Waals surface area contributed by atoms with Gasteiger partial charge in [0.1, 0.15) is 5.75 Å². The number of hydrogen-bond acceptors (Lipinski definition) is 7. The van der Waals surface area contributed by atoms with Crippen molar-refractivity contribution in [2.75, 3.05) is 45.3 Å². The number of benzene rings is 4. The van der Waals surface area contributed by atoms with Gasteiger partial charge in [-0.2, -0.15) is 4.31 Å². The summed E-state index contributed by atoms with van der Waals surface area (Å²) in [5.74, 6) is 0.147. The van der Waals surface area contributed by atoms with Gasteiger partial charge in [0.05, 0.1) is 37.9 Å². The summed E-state index contributed by atoms with van der Waals surface area (Å²) in [7, 11) is -1.28. The summed E-state index contributed by atoms with van der Waals surface area (Å²) >= 11 is 0. The lowest BCUT2D eigenvalue weighted by molar-refractivity contribution is -0.128. The minimum absolute atomic E-state index is 0.0379. The SMILES string of the molecule is COc1ccc(S(=O)(=O)N(CCc2ccccc2)CC(=O)N2CC(C(=O)NCCc3ccccc3)Oc3ccccc32)cc1OC. The molecule has 4 aromatic carbocycles. The Morgan fingerprint density at radius 3 is 2.15 bits per heavy atom. The van der Waals surface area contributed by atoms with E-state index < -0.39 is 28.6 Å². The smallest absolute Gasteiger partial charge is 0.262 e. The summed E-state index contributed by atoms with van der Waals surface area (Å²) in [5, 5.41) is 2.91. The summed E-state index contributed by atoms with van der Waals surface area (Å²) in [6.07, 6.45) is 0.0465. The van der Waals surface area contributed by atoms with Gasteiger partial charge in [0, 0.05) is 19.2 Å². The molecule has 0 aromatic heterocycles. The van der Waals surface area contributed by atoms with Crippen molar-refractivity contribution in [2.45, 2.75) is 23.8 Å². The van der Waals surface area contributed by atoms with Crippen LogP contribution in [-0.4, -0.2) is 71.0 Å². The average molecular weight is 644 g/mol. The minimum Gasteiger partial charge on any atom is -0.493 e. The highest BCUT2D eigenvalue weighted by Crippen LogP contribution is 2.34. The topological polar surface area (TPSA) is 114 Å². The van der Waals surface area contributed by atoms with Crippen LogP contribution in [0.25, 0.3) is 0 Å². The van der Waals surface area contributed by atoms with Crippen LogP contribution in [0.1, 0.15) is 11.1 Å². The predicted molar refractivity (Wildman–Crippen MR) is 175 cm³/mol. The van der Waals surface area contributed by atoms with Gasteiger partial charge in [0.15, 0.2) is 17.6 Å². The normalized spacial score (nSPS) is 14.2. The van der Waals surface area contributed by atoms with Gasteiger partial charge in [-0.15, -0.1) is 0 Å². The van der Waals surface area contributed by atoms with Crippen LogP contribution in [0.2, 0.25) is 0 Å². The van der Waals surface area contributed by atoms with Gasteiger partial charge < -0.3 is 24.4 Å². The van der Waals surface area contributed by atoms with Crippen molar-refractivity contribution < 1.29 is 32.2 Å². The molecule has 10 nitrogen and oxygen atoms in total. The second kappa shape index (κ2) is 14.9. The summed E-state index contributed by atoms with van der Waals surface area (Å²) in [6.45, 7) is -0.0902. The Kier molecular flexibility index (Phi) is 10.6. The Hall–Kier alpha value is -4.87. The fourth-order valence-electron chi connectivity index (χ4n) is 5.24. The summed E-state index contributed by atoms with van der Waals surface area (Å²) in [6, 6.07) is 30.5. The first-order valence-electron chi connectivity index (χ1n) is 14.9. The average Bonchev–Trinajstić information content (AvgIpc) is 3.09. The first-order valence-corrected chi connectivity index (χ1v) is 16.4. The number of nitrogens with zero attached hydrogens (tertiary/aromatic N) is 2. The van der Waals surface area contributed by atoms with E-state index in [0.29, 0.717) is 36.6 Å². The molecule has 0 radical (unpaired) electrons. The molecule has 11 heteroatoms. The first kappa shape index (κ1) is 32.5. The Morgan fingerprint density at radius 1 is 0.848 bits per heavy atom. The summed E-state index contributed by atoms with van der Waals surface area (Å²) in [5.41, 5.74) is 2.47. The molecule has 0 aliphatic carbocycles. The molecule has 46 heavy (non-hydrogen) atoms. The number of para-hydroxylation sites is 2. The van der Waals surface area contributed by atoms with Crippen molar-refractivity contribution >= 4 is 27.5 Å². The van der Waals surface area contributed by atoms with Crippen LogP contribution < -0.4 is 24.4 Å². The number of carbonyl (C=O) groups is 2. The van der Waals surface area contributed by atoms with Crippen LogP contribution in [0.3, 0.4) is 0 Å². The molecule has 1 aliphatic rings. The number of rotatable bonds is 13. The van der Waals surface area contributed by atoms with Gasteiger partial charge in [0.2, 0.25) is 15.9 Å². The third-order valence-corrected chi connectivity index (χ3v) is 9.56. The van der Waals surface area contributed by atoms with Crippen molar-refractivity contribution in [3.63, 3.8) is 0 Å². The lowest BCUT2D eigenvalue weighted by Crippen LogP contribution is -2.53. The van der Waals surface area contributed by atoms with E-state index in [0.717, 1.165) is 15.4 Å². The highest BCUT2D eigenvalue weighted by atomic mass is 32.2. The molecule has 0 spiro atoms. The van der Waals surface area contributed by atoms with E-state index in [2.05, 4.69) is 5.32 Å². The van der Waals surface area contributed by atoms with Crippen molar-refractivity contribution in [3.8, 4) is 17.2 Å². The van der Waals surface area contributed by atoms with E-state index in [1.165, 1.54) is 37.3 Å². The van der Waals surface area contributed by atoms with Gasteiger partial charge in [-0.05, 0) is 48.2 Å². The summed E-state index contributed by atoms with van der Waals surface area (Å²) in [4.78, 5) is 28.6. The van der Waals surface area contributed by atoms with E-state index >= 15 is 0 Å². The van der Waals surface area contributed by atoms with Crippen LogP contribution in [0.4, 0.5) is 5.69 Å². The third kappa shape index (κ3) is 7.67. The van der Waals surface area contributed by atoms with Crippen molar-refractivity contribution in [1.29, 1.82) is 0 Å². The van der Waals surface area contributed by atoms with Crippen molar-refractivity contribution in [1.82, 2.24) is 9.62 Å². The Bertz CT molecular complexity index is 1750. The maximum Gasteiger partial charge on any atom is 0.262 e. The fourth-order valence-corrected chi connectivity index (χ4v) is 6.65. The Balaban J connectivity index is 1.38. The molecular weight excluding hydrogens is 606 g/mol. The molecule has 1 heterocycles. The molecule has 1 aliphatic heterocycles. The monoisotopic (exact) mass is 643 g/mol. The van der Waals surface area contributed by atoms with Gasteiger partial charge in [0.25, 0.3) is 5.91 Å². The summed E-state index contributed by atoms with van der Waals surface area (Å²) < 4.78 is 45.9. The first-order chi connectivity index (χ1) is 22.3. The van der Waals surface area contributed by atoms with Gasteiger partial charge in [-0.3, -0.25) is 9.59 Å². The molecule has 240 valence electrons. The molecule has 0 saturated heterocycles. The number of ether oxygens (including phenoxy) is 3. The molecule has 0 bridgehead atoms. The number of fused-ring (bicyclic) bond motifs is 1. The van der Waals surface area contributed by atoms with E-state index in [1.54, 1.807) is 24.3 Å². The minimum atomic E-state index is -4.17. The van der Waals surface area contributed by atoms with E-state index in [9.17, 15) is 18.0 Å². The molecule has 0 saturated carbocycles. The quantitative estimate of drug-likeness (QED) is 0.234. The number of hydrogen-bond donors (Lipinski definition) is 1. The maximum atomic E-state index is 14.1. The number of nitrogens with one attached hydrogen (secondary N) is 1.